The van der Waals surface area contributed by atoms with E-state index in [4.69, 9.17) is 0 Å². The molecule has 0 N–H and O–H groups in total. The highest BCUT2D eigenvalue weighted by Crippen LogP contribution is 2.58. The van der Waals surface area contributed by atoms with Crippen molar-refractivity contribution in [1.29, 1.82) is 0 Å². The summed E-state index contributed by atoms with van der Waals surface area (Å²) in [5.41, 5.74) is 10.2. The SMILES string of the molecule is c1ccc(-c2cccc3c2-c2ccccc2C3(c2ccccc2)c2ccccc2)cc1. The van der Waals surface area contributed by atoms with Gasteiger partial charge < -0.3 is 0 Å². The lowest BCUT2D eigenvalue weighted by Gasteiger charge is -2.34. The third-order valence-corrected chi connectivity index (χ3v) is 6.57. The van der Waals surface area contributed by atoms with Gasteiger partial charge in [-0.15, -0.1) is 0 Å². The van der Waals surface area contributed by atoms with Crippen LogP contribution < -0.4 is 0 Å². The fraction of sp³-hybridized carbons (Fsp3) is 0.0323. The molecule has 5 aromatic rings. The predicted molar refractivity (Wildman–Crippen MR) is 129 cm³/mol. The van der Waals surface area contributed by atoms with Gasteiger partial charge in [0, 0.05) is 0 Å². The Morgan fingerprint density at radius 1 is 0.355 bits per heavy atom. The zero-order chi connectivity index (χ0) is 20.7. The van der Waals surface area contributed by atoms with Crippen molar-refractivity contribution in [2.75, 3.05) is 0 Å². The van der Waals surface area contributed by atoms with Crippen molar-refractivity contribution in [2.45, 2.75) is 5.41 Å². The first kappa shape index (κ1) is 17.9. The minimum Gasteiger partial charge on any atom is -0.0622 e. The van der Waals surface area contributed by atoms with Crippen LogP contribution in [-0.2, 0) is 5.41 Å². The molecule has 0 atom stereocenters. The molecule has 0 radical (unpaired) electrons. The molecule has 0 saturated carbocycles. The van der Waals surface area contributed by atoms with Gasteiger partial charge in [0.15, 0.2) is 0 Å². The van der Waals surface area contributed by atoms with Crippen molar-refractivity contribution in [1.82, 2.24) is 0 Å². The Morgan fingerprint density at radius 3 is 1.48 bits per heavy atom. The van der Waals surface area contributed by atoms with Gasteiger partial charge in [0.1, 0.15) is 0 Å². The Hall–Kier alpha value is -3.90. The van der Waals surface area contributed by atoms with Crippen molar-refractivity contribution >= 4 is 0 Å². The Balaban J connectivity index is 1.79. The second-order valence-corrected chi connectivity index (χ2v) is 8.12. The lowest BCUT2D eigenvalue weighted by Crippen LogP contribution is -2.28. The molecule has 0 fully saturated rings. The molecule has 31 heavy (non-hydrogen) atoms. The van der Waals surface area contributed by atoms with Gasteiger partial charge in [-0.2, -0.15) is 0 Å². The van der Waals surface area contributed by atoms with E-state index < -0.39 is 0 Å². The highest BCUT2D eigenvalue weighted by Gasteiger charge is 2.46. The zero-order valence-electron chi connectivity index (χ0n) is 17.2. The monoisotopic (exact) mass is 394 g/mol. The average Bonchev–Trinajstić information content (AvgIpc) is 3.17. The van der Waals surface area contributed by atoms with Gasteiger partial charge in [0.25, 0.3) is 0 Å². The largest absolute Gasteiger partial charge is 0.0713 e. The second kappa shape index (κ2) is 7.11. The topological polar surface area (TPSA) is 0 Å². The maximum Gasteiger partial charge on any atom is 0.0713 e. The van der Waals surface area contributed by atoms with Crippen molar-refractivity contribution < 1.29 is 0 Å². The number of hydrogen-bond acceptors (Lipinski definition) is 0. The minimum absolute atomic E-state index is 0.334. The van der Waals surface area contributed by atoms with Crippen LogP contribution in [0.3, 0.4) is 0 Å². The van der Waals surface area contributed by atoms with Gasteiger partial charge in [-0.1, -0.05) is 133 Å². The smallest absolute Gasteiger partial charge is 0.0622 e. The van der Waals surface area contributed by atoms with E-state index in [-0.39, 0.29) is 5.41 Å². The van der Waals surface area contributed by atoms with E-state index in [1.807, 2.05) is 0 Å². The summed E-state index contributed by atoms with van der Waals surface area (Å²) in [5.74, 6) is 0. The highest BCUT2D eigenvalue weighted by atomic mass is 14.5. The summed E-state index contributed by atoms with van der Waals surface area (Å²) < 4.78 is 0. The van der Waals surface area contributed by atoms with Crippen molar-refractivity contribution in [3.63, 3.8) is 0 Å². The standard InChI is InChI=1S/C31H22/c1-4-13-23(14-5-1)26-20-12-22-29-30(26)27-19-10-11-21-28(27)31(29,24-15-6-2-7-16-24)25-17-8-3-9-18-25/h1-22H. The van der Waals surface area contributed by atoms with Crippen LogP contribution in [0.2, 0.25) is 0 Å². The van der Waals surface area contributed by atoms with E-state index >= 15 is 0 Å². The molecule has 0 amide bonds. The molecule has 1 aliphatic carbocycles. The van der Waals surface area contributed by atoms with Crippen LogP contribution in [0.5, 0.6) is 0 Å². The Labute approximate surface area is 183 Å². The molecule has 0 unspecified atom stereocenters. The van der Waals surface area contributed by atoms with Gasteiger partial charge in [-0.25, -0.2) is 0 Å². The highest BCUT2D eigenvalue weighted by molar-refractivity contribution is 5.95. The first-order valence-corrected chi connectivity index (χ1v) is 10.8. The summed E-state index contributed by atoms with van der Waals surface area (Å²) in [6.45, 7) is 0. The molecule has 0 aliphatic heterocycles. The molecule has 1 aliphatic rings. The van der Waals surface area contributed by atoms with Gasteiger partial charge in [0.2, 0.25) is 0 Å². The van der Waals surface area contributed by atoms with Gasteiger partial charge >= 0.3 is 0 Å². The van der Waals surface area contributed by atoms with Crippen LogP contribution in [0.25, 0.3) is 22.3 Å². The van der Waals surface area contributed by atoms with E-state index in [2.05, 4.69) is 133 Å². The normalized spacial score (nSPS) is 13.4. The maximum absolute atomic E-state index is 2.32. The quantitative estimate of drug-likeness (QED) is 0.288. The maximum atomic E-state index is 2.32. The van der Waals surface area contributed by atoms with E-state index in [1.165, 1.54) is 44.5 Å². The van der Waals surface area contributed by atoms with Crippen LogP contribution in [0, 0.1) is 0 Å². The number of benzene rings is 5. The van der Waals surface area contributed by atoms with Crippen LogP contribution in [0.1, 0.15) is 22.3 Å². The predicted octanol–water partition coefficient (Wildman–Crippen LogP) is 7.72. The third kappa shape index (κ3) is 2.55. The molecule has 0 spiro atoms. The van der Waals surface area contributed by atoms with Gasteiger partial charge in [-0.05, 0) is 44.5 Å². The molecular weight excluding hydrogens is 372 g/mol. The summed E-state index contributed by atoms with van der Waals surface area (Å²) in [4.78, 5) is 0. The van der Waals surface area contributed by atoms with Gasteiger partial charge in [0.05, 0.1) is 5.41 Å². The van der Waals surface area contributed by atoms with Crippen LogP contribution >= 0.6 is 0 Å². The van der Waals surface area contributed by atoms with Gasteiger partial charge in [-0.3, -0.25) is 0 Å². The molecule has 6 rings (SSSR count). The number of hydrogen-bond donors (Lipinski definition) is 0. The Bertz CT molecular complexity index is 1310. The van der Waals surface area contributed by atoms with Crippen molar-refractivity contribution in [3.8, 4) is 22.3 Å². The van der Waals surface area contributed by atoms with E-state index in [9.17, 15) is 0 Å². The summed E-state index contributed by atoms with van der Waals surface area (Å²) in [6.07, 6.45) is 0. The van der Waals surface area contributed by atoms with E-state index in [0.717, 1.165) is 0 Å². The van der Waals surface area contributed by atoms with Crippen LogP contribution in [0.4, 0.5) is 0 Å². The molecule has 5 aromatic carbocycles. The fourth-order valence-corrected chi connectivity index (χ4v) is 5.35. The Morgan fingerprint density at radius 2 is 0.839 bits per heavy atom. The zero-order valence-corrected chi connectivity index (χ0v) is 17.2. The lowest BCUT2D eigenvalue weighted by molar-refractivity contribution is 0.768. The molecule has 0 nitrogen and oxygen atoms in total. The second-order valence-electron chi connectivity index (χ2n) is 8.12. The summed E-state index contributed by atoms with van der Waals surface area (Å²) in [7, 11) is 0. The first-order valence-electron chi connectivity index (χ1n) is 10.8. The molecule has 0 heterocycles. The number of rotatable bonds is 3. The average molecular weight is 395 g/mol. The lowest BCUT2D eigenvalue weighted by atomic mass is 9.67. The Kier molecular flexibility index (Phi) is 4.11. The third-order valence-electron chi connectivity index (χ3n) is 6.57. The molecule has 146 valence electrons. The van der Waals surface area contributed by atoms with Crippen LogP contribution in [-0.4, -0.2) is 0 Å². The van der Waals surface area contributed by atoms with E-state index in [1.54, 1.807) is 0 Å². The summed E-state index contributed by atoms with van der Waals surface area (Å²) >= 11 is 0. The first-order chi connectivity index (χ1) is 15.4. The molecule has 0 heteroatoms. The summed E-state index contributed by atoms with van der Waals surface area (Å²) in [5, 5.41) is 0. The molecule has 0 saturated heterocycles. The van der Waals surface area contributed by atoms with Crippen molar-refractivity contribution in [3.05, 3.63) is 156 Å². The fourth-order valence-electron chi connectivity index (χ4n) is 5.35. The minimum atomic E-state index is -0.334. The van der Waals surface area contributed by atoms with Crippen molar-refractivity contribution in [2.24, 2.45) is 0 Å². The molecule has 0 bridgehead atoms. The number of fused-ring (bicyclic) bond motifs is 3. The summed E-state index contributed by atoms with van der Waals surface area (Å²) in [6, 6.07) is 48.4. The molecular formula is C31H22. The van der Waals surface area contributed by atoms with Crippen LogP contribution in [0.15, 0.2) is 133 Å². The molecule has 0 aromatic heterocycles. The van der Waals surface area contributed by atoms with E-state index in [0.29, 0.717) is 0 Å².